The number of hydrogen-bond donors (Lipinski definition) is 1. The van der Waals surface area contributed by atoms with E-state index in [4.69, 9.17) is 0 Å². The van der Waals surface area contributed by atoms with E-state index in [2.05, 4.69) is 45.1 Å². The molecule has 1 atom stereocenters. The lowest BCUT2D eigenvalue weighted by molar-refractivity contribution is -0.116. The van der Waals surface area contributed by atoms with Gasteiger partial charge in [-0.1, -0.05) is 58.4 Å². The van der Waals surface area contributed by atoms with Crippen molar-refractivity contribution in [2.45, 2.75) is 57.7 Å². The van der Waals surface area contributed by atoms with Crippen molar-refractivity contribution < 1.29 is 9.59 Å². The second-order valence-electron chi connectivity index (χ2n) is 8.50. The maximum atomic E-state index is 12.6. The van der Waals surface area contributed by atoms with Gasteiger partial charge in [-0.2, -0.15) is 0 Å². The fourth-order valence-electron chi connectivity index (χ4n) is 3.36. The van der Waals surface area contributed by atoms with Crippen molar-refractivity contribution in [1.29, 1.82) is 0 Å². The van der Waals surface area contributed by atoms with Gasteiger partial charge in [0.15, 0.2) is 0 Å². The van der Waals surface area contributed by atoms with Crippen molar-refractivity contribution >= 4 is 35.0 Å². The summed E-state index contributed by atoms with van der Waals surface area (Å²) in [5, 5.41) is 2.89. The van der Waals surface area contributed by atoms with Crippen LogP contribution in [0.4, 0.5) is 11.4 Å². The van der Waals surface area contributed by atoms with Crippen LogP contribution in [0.2, 0.25) is 0 Å². The number of benzene rings is 2. The summed E-state index contributed by atoms with van der Waals surface area (Å²) >= 11 is 1.64. The molecule has 2 amide bonds. The van der Waals surface area contributed by atoms with Crippen LogP contribution in [0.3, 0.4) is 0 Å². The van der Waals surface area contributed by atoms with Crippen LogP contribution in [0, 0.1) is 0 Å². The number of unbranched alkanes of at least 4 members (excludes halogenated alkanes) is 1. The van der Waals surface area contributed by atoms with Gasteiger partial charge in [-0.05, 0) is 47.2 Å². The molecule has 1 aliphatic rings. The highest BCUT2D eigenvalue weighted by molar-refractivity contribution is 8.00. The van der Waals surface area contributed by atoms with Crippen molar-refractivity contribution in [3.05, 3.63) is 59.7 Å². The van der Waals surface area contributed by atoms with Crippen LogP contribution in [-0.2, 0) is 15.0 Å². The van der Waals surface area contributed by atoms with Crippen LogP contribution in [0.5, 0.6) is 0 Å². The van der Waals surface area contributed by atoms with Gasteiger partial charge in [0, 0.05) is 17.8 Å². The Hall–Kier alpha value is -2.27. The van der Waals surface area contributed by atoms with E-state index < -0.39 is 0 Å². The van der Waals surface area contributed by atoms with Gasteiger partial charge in [-0.15, -0.1) is 11.8 Å². The molecule has 1 unspecified atom stereocenters. The summed E-state index contributed by atoms with van der Waals surface area (Å²) in [5.41, 5.74) is 4.12. The van der Waals surface area contributed by atoms with Crippen LogP contribution >= 0.6 is 11.8 Å². The second-order valence-corrected chi connectivity index (χ2v) is 9.57. The number of hydrogen-bond acceptors (Lipinski definition) is 3. The molecule has 2 aromatic carbocycles. The Bertz CT molecular complexity index is 854. The molecule has 29 heavy (non-hydrogen) atoms. The molecule has 2 aromatic rings. The van der Waals surface area contributed by atoms with Gasteiger partial charge >= 0.3 is 0 Å². The number of amides is 2. The van der Waals surface area contributed by atoms with Crippen LogP contribution in [-0.4, -0.2) is 17.6 Å². The third kappa shape index (κ3) is 5.21. The SMILES string of the molecule is CCCCC(=O)Nc1ccc(C2SCC(=O)N2c2ccc(C(C)(C)C)cc2)cc1. The van der Waals surface area contributed by atoms with Crippen LogP contribution in [0.15, 0.2) is 48.5 Å². The highest BCUT2D eigenvalue weighted by atomic mass is 32.2. The molecule has 0 saturated carbocycles. The van der Waals surface area contributed by atoms with Crippen molar-refractivity contribution in [3.8, 4) is 0 Å². The predicted molar refractivity (Wildman–Crippen MR) is 122 cm³/mol. The summed E-state index contributed by atoms with van der Waals surface area (Å²) in [6, 6.07) is 16.1. The summed E-state index contributed by atoms with van der Waals surface area (Å²) in [4.78, 5) is 26.4. The molecule has 4 nitrogen and oxygen atoms in total. The topological polar surface area (TPSA) is 49.4 Å². The maximum Gasteiger partial charge on any atom is 0.238 e. The molecule has 1 N–H and O–H groups in total. The minimum absolute atomic E-state index is 0.0468. The fraction of sp³-hybridized carbons (Fsp3) is 0.417. The second kappa shape index (κ2) is 9.04. The van der Waals surface area contributed by atoms with E-state index in [0.717, 1.165) is 29.8 Å². The summed E-state index contributed by atoms with van der Waals surface area (Å²) in [5.74, 6) is 0.646. The lowest BCUT2D eigenvalue weighted by atomic mass is 9.87. The summed E-state index contributed by atoms with van der Waals surface area (Å²) in [6.45, 7) is 8.63. The first-order valence-corrected chi connectivity index (χ1v) is 11.3. The molecular formula is C24H30N2O2S. The Balaban J connectivity index is 1.75. The van der Waals surface area contributed by atoms with E-state index >= 15 is 0 Å². The lowest BCUT2D eigenvalue weighted by Gasteiger charge is -2.26. The zero-order valence-electron chi connectivity index (χ0n) is 17.7. The van der Waals surface area contributed by atoms with Gasteiger partial charge in [-0.25, -0.2) is 0 Å². The molecule has 0 radical (unpaired) electrons. The normalized spacial score (nSPS) is 16.9. The van der Waals surface area contributed by atoms with Crippen LogP contribution in [0.1, 0.15) is 63.5 Å². The predicted octanol–water partition coefficient (Wildman–Crippen LogP) is 5.89. The van der Waals surface area contributed by atoms with E-state index in [-0.39, 0.29) is 22.6 Å². The number of carbonyl (C=O) groups excluding carboxylic acids is 2. The molecule has 154 valence electrons. The number of carbonyl (C=O) groups is 2. The van der Waals surface area contributed by atoms with Gasteiger partial charge in [0.05, 0.1) is 5.75 Å². The van der Waals surface area contributed by atoms with Crippen molar-refractivity contribution in [2.24, 2.45) is 0 Å². The van der Waals surface area contributed by atoms with Crippen LogP contribution in [0.25, 0.3) is 0 Å². The number of nitrogens with zero attached hydrogens (tertiary/aromatic N) is 1. The van der Waals surface area contributed by atoms with Gasteiger partial charge < -0.3 is 5.32 Å². The fourth-order valence-corrected chi connectivity index (χ4v) is 4.54. The molecule has 0 spiro atoms. The van der Waals surface area contributed by atoms with E-state index in [1.54, 1.807) is 11.8 Å². The summed E-state index contributed by atoms with van der Waals surface area (Å²) < 4.78 is 0. The minimum atomic E-state index is -0.0483. The zero-order valence-corrected chi connectivity index (χ0v) is 18.5. The zero-order chi connectivity index (χ0) is 21.0. The Kier molecular flexibility index (Phi) is 6.68. The van der Waals surface area contributed by atoms with Crippen molar-refractivity contribution in [3.63, 3.8) is 0 Å². The highest BCUT2D eigenvalue weighted by Gasteiger charge is 2.34. The minimum Gasteiger partial charge on any atom is -0.326 e. The van der Waals surface area contributed by atoms with Crippen LogP contribution < -0.4 is 10.2 Å². The largest absolute Gasteiger partial charge is 0.326 e. The smallest absolute Gasteiger partial charge is 0.238 e. The molecule has 5 heteroatoms. The van der Waals surface area contributed by atoms with Crippen molar-refractivity contribution in [2.75, 3.05) is 16.0 Å². The first-order chi connectivity index (χ1) is 13.8. The average molecular weight is 411 g/mol. The van der Waals surface area contributed by atoms with Gasteiger partial charge in [0.2, 0.25) is 11.8 Å². The van der Waals surface area contributed by atoms with Gasteiger partial charge in [-0.3, -0.25) is 14.5 Å². The highest BCUT2D eigenvalue weighted by Crippen LogP contribution is 2.42. The Morgan fingerprint density at radius 3 is 2.34 bits per heavy atom. The molecule has 1 fully saturated rings. The molecule has 1 aliphatic heterocycles. The van der Waals surface area contributed by atoms with E-state index in [0.29, 0.717) is 12.2 Å². The Morgan fingerprint density at radius 1 is 1.10 bits per heavy atom. The Morgan fingerprint density at radius 2 is 1.76 bits per heavy atom. The maximum absolute atomic E-state index is 12.6. The lowest BCUT2D eigenvalue weighted by Crippen LogP contribution is -2.28. The third-order valence-electron chi connectivity index (χ3n) is 5.12. The van der Waals surface area contributed by atoms with E-state index in [1.807, 2.05) is 41.3 Å². The average Bonchev–Trinajstić information content (AvgIpc) is 3.08. The molecule has 0 aromatic heterocycles. The number of thioether (sulfide) groups is 1. The molecule has 0 bridgehead atoms. The molecule has 1 heterocycles. The Labute approximate surface area is 178 Å². The standard InChI is InChI=1S/C24H30N2O2S/c1-5-6-7-21(27)25-19-12-8-17(9-13-19)23-26(22(28)16-29-23)20-14-10-18(11-15-20)24(2,3)4/h8-15,23H,5-7,16H2,1-4H3,(H,25,27). The first kappa shape index (κ1) is 21.4. The molecular weight excluding hydrogens is 380 g/mol. The van der Waals surface area contributed by atoms with E-state index in [9.17, 15) is 9.59 Å². The molecule has 3 rings (SSSR count). The summed E-state index contributed by atoms with van der Waals surface area (Å²) in [7, 11) is 0. The quantitative estimate of drug-likeness (QED) is 0.646. The molecule has 0 aliphatic carbocycles. The number of rotatable bonds is 6. The first-order valence-electron chi connectivity index (χ1n) is 10.2. The number of anilines is 2. The molecule has 1 saturated heterocycles. The van der Waals surface area contributed by atoms with Crippen molar-refractivity contribution in [1.82, 2.24) is 0 Å². The number of nitrogens with one attached hydrogen (secondary N) is 1. The summed E-state index contributed by atoms with van der Waals surface area (Å²) in [6.07, 6.45) is 2.45. The third-order valence-corrected chi connectivity index (χ3v) is 6.33. The van der Waals surface area contributed by atoms with Gasteiger partial charge in [0.25, 0.3) is 0 Å². The van der Waals surface area contributed by atoms with Gasteiger partial charge in [0.1, 0.15) is 5.37 Å². The monoisotopic (exact) mass is 410 g/mol. The van der Waals surface area contributed by atoms with E-state index in [1.165, 1.54) is 5.56 Å².